The van der Waals surface area contributed by atoms with Gasteiger partial charge in [-0.05, 0) is 112 Å². The molecule has 3 aliphatic rings. The van der Waals surface area contributed by atoms with E-state index in [0.29, 0.717) is 91.4 Å². The number of rotatable bonds is 30. The summed E-state index contributed by atoms with van der Waals surface area (Å²) in [5.74, 6) is -3.56. The highest BCUT2D eigenvalue weighted by atomic mass is 16.8. The van der Waals surface area contributed by atoms with Gasteiger partial charge < -0.3 is 47.4 Å². The third kappa shape index (κ3) is 8.30. The zero-order valence-electron chi connectivity index (χ0n) is 41.5. The molecule has 0 saturated carbocycles. The van der Waals surface area contributed by atoms with Gasteiger partial charge in [-0.3, -0.25) is 0 Å². The Morgan fingerprint density at radius 3 is 1.03 bits per heavy atom. The summed E-state index contributed by atoms with van der Waals surface area (Å²) < 4.78 is 74.4. The van der Waals surface area contributed by atoms with Gasteiger partial charge >= 0.3 is 0 Å². The maximum atomic E-state index is 8.01. The minimum absolute atomic E-state index is 0.301. The summed E-state index contributed by atoms with van der Waals surface area (Å²) in [5, 5.41) is 0. The molecule has 6 atom stereocenters. The molecule has 0 spiro atoms. The van der Waals surface area contributed by atoms with E-state index >= 15 is 0 Å². The summed E-state index contributed by atoms with van der Waals surface area (Å²) in [4.78, 5) is 0. The molecule has 0 heterocycles. The van der Waals surface area contributed by atoms with Crippen LogP contribution in [0.15, 0.2) is 98.5 Å². The molecule has 0 fully saturated rings. The molecule has 6 unspecified atom stereocenters. The minimum atomic E-state index is -1.78. The van der Waals surface area contributed by atoms with Gasteiger partial charge in [-0.2, -0.15) is 0 Å². The van der Waals surface area contributed by atoms with E-state index in [2.05, 4.69) is 141 Å². The van der Waals surface area contributed by atoms with Crippen LogP contribution in [0.25, 0.3) is 11.1 Å². The average Bonchev–Trinajstić information content (AvgIpc) is 3.63. The average molecular weight is 903 g/mol. The summed E-state index contributed by atoms with van der Waals surface area (Å²) in [6.07, 6.45) is 15.3. The van der Waals surface area contributed by atoms with Gasteiger partial charge in [0.05, 0.1) is 44.4 Å². The van der Waals surface area contributed by atoms with E-state index in [0.717, 1.165) is 35.1 Å². The van der Waals surface area contributed by atoms with E-state index in [1.54, 1.807) is 0 Å². The maximum absolute atomic E-state index is 8.01. The van der Waals surface area contributed by atoms with Gasteiger partial charge in [0.1, 0.15) is 0 Å². The van der Waals surface area contributed by atoms with Crippen molar-refractivity contribution in [3.8, 4) is 11.1 Å². The number of hydrogen-bond donors (Lipinski definition) is 0. The Kier molecular flexibility index (Phi) is 18.7. The van der Waals surface area contributed by atoms with Crippen molar-refractivity contribution in [2.75, 3.05) is 52.9 Å². The van der Waals surface area contributed by atoms with Gasteiger partial charge in [0.2, 0.25) is 11.6 Å². The lowest BCUT2D eigenvalue weighted by Gasteiger charge is -2.71. The van der Waals surface area contributed by atoms with Gasteiger partial charge in [-0.1, -0.05) is 117 Å². The largest absolute Gasteiger partial charge is 0.491 e. The summed E-state index contributed by atoms with van der Waals surface area (Å²) in [6, 6.07) is 17.1. The van der Waals surface area contributed by atoms with Crippen LogP contribution in [0.1, 0.15) is 132 Å². The van der Waals surface area contributed by atoms with Crippen LogP contribution in [0.2, 0.25) is 0 Å². The van der Waals surface area contributed by atoms with Crippen molar-refractivity contribution in [2.24, 2.45) is 0 Å². The quantitative estimate of drug-likeness (QED) is 0.0429. The van der Waals surface area contributed by atoms with Crippen LogP contribution in [0.4, 0.5) is 0 Å². The lowest BCUT2D eigenvalue weighted by atomic mass is 9.46. The monoisotopic (exact) mass is 903 g/mol. The van der Waals surface area contributed by atoms with Crippen molar-refractivity contribution < 1.29 is 47.4 Å². The van der Waals surface area contributed by atoms with E-state index in [4.69, 9.17) is 47.4 Å². The predicted octanol–water partition coefficient (Wildman–Crippen LogP) is 12.0. The molecular weight excluding hydrogens is 821 g/mol. The zero-order valence-corrected chi connectivity index (χ0v) is 41.5. The van der Waals surface area contributed by atoms with Crippen LogP contribution in [0, 0.1) is 0 Å². The number of fused-ring (bicyclic) bond motifs is 3. The SMILES string of the molecule is C=COC1C=CC(OCCC)(C2(C3(OCCC)C=CC(OC=C)C(C)(OCCC)C3(OCCC)OCCC)c3ccccc3-c3ccccc32)C(OCCC)(OCCC)C1(C)OCCC. The second-order valence-electron chi connectivity index (χ2n) is 17.7. The highest BCUT2D eigenvalue weighted by molar-refractivity contribution is 5.85. The van der Waals surface area contributed by atoms with E-state index in [-0.39, 0.29) is 0 Å². The Hall–Kier alpha value is -3.32. The van der Waals surface area contributed by atoms with Crippen LogP contribution >= 0.6 is 0 Å². The molecule has 65 heavy (non-hydrogen) atoms. The third-order valence-electron chi connectivity index (χ3n) is 13.3. The van der Waals surface area contributed by atoms with Gasteiger partial charge in [0.15, 0.2) is 34.6 Å². The lowest BCUT2D eigenvalue weighted by Crippen LogP contribution is -2.89. The van der Waals surface area contributed by atoms with Crippen molar-refractivity contribution in [3.63, 3.8) is 0 Å². The molecule has 0 amide bonds. The molecule has 2 aromatic rings. The first-order valence-electron chi connectivity index (χ1n) is 24.8. The Balaban J connectivity index is 2.27. The Labute approximate surface area is 392 Å². The van der Waals surface area contributed by atoms with Crippen molar-refractivity contribution in [1.82, 2.24) is 0 Å². The molecule has 10 nitrogen and oxygen atoms in total. The molecular formula is C55H82O10. The lowest BCUT2D eigenvalue weighted by molar-refractivity contribution is -0.445. The fraction of sp³-hybridized carbons (Fsp3) is 0.636. The first kappa shape index (κ1) is 52.6. The van der Waals surface area contributed by atoms with Crippen molar-refractivity contribution in [3.05, 3.63) is 110 Å². The van der Waals surface area contributed by atoms with Crippen LogP contribution in [-0.2, 0) is 52.8 Å². The fourth-order valence-corrected chi connectivity index (χ4v) is 10.8. The summed E-state index contributed by atoms with van der Waals surface area (Å²) >= 11 is 0. The summed E-state index contributed by atoms with van der Waals surface area (Å²) in [5.41, 5.74) is -3.81. The molecule has 5 rings (SSSR count). The van der Waals surface area contributed by atoms with Gasteiger partial charge in [0, 0.05) is 26.4 Å². The molecule has 0 radical (unpaired) electrons. The van der Waals surface area contributed by atoms with Crippen molar-refractivity contribution >= 4 is 0 Å². The summed E-state index contributed by atoms with van der Waals surface area (Å²) in [6.45, 7) is 31.6. The van der Waals surface area contributed by atoms with E-state index < -0.39 is 51.6 Å². The van der Waals surface area contributed by atoms with Crippen LogP contribution in [0.3, 0.4) is 0 Å². The Morgan fingerprint density at radius 1 is 0.431 bits per heavy atom. The summed E-state index contributed by atoms with van der Waals surface area (Å²) in [7, 11) is 0. The van der Waals surface area contributed by atoms with E-state index in [1.807, 2.05) is 13.8 Å². The second-order valence-corrected chi connectivity index (χ2v) is 17.7. The Morgan fingerprint density at radius 2 is 0.723 bits per heavy atom. The molecule has 10 heteroatoms. The number of benzene rings is 2. The second kappa shape index (κ2) is 23.1. The first-order chi connectivity index (χ1) is 31.5. The molecule has 362 valence electrons. The highest BCUT2D eigenvalue weighted by Gasteiger charge is 2.87. The van der Waals surface area contributed by atoms with Gasteiger partial charge in [-0.15, -0.1) is 0 Å². The van der Waals surface area contributed by atoms with Crippen molar-refractivity contribution in [2.45, 2.75) is 172 Å². The third-order valence-corrected chi connectivity index (χ3v) is 13.3. The molecule has 2 aromatic carbocycles. The topological polar surface area (TPSA) is 92.3 Å². The number of hydrogen-bond acceptors (Lipinski definition) is 10. The van der Waals surface area contributed by atoms with Crippen molar-refractivity contribution in [1.29, 1.82) is 0 Å². The predicted molar refractivity (Wildman–Crippen MR) is 259 cm³/mol. The molecule has 0 bridgehead atoms. The molecule has 0 aromatic heterocycles. The molecule has 3 aliphatic carbocycles. The smallest absolute Gasteiger partial charge is 0.236 e. The number of ether oxygens (including phenoxy) is 10. The highest BCUT2D eigenvalue weighted by Crippen LogP contribution is 2.72. The van der Waals surface area contributed by atoms with E-state index in [9.17, 15) is 0 Å². The van der Waals surface area contributed by atoms with E-state index in [1.165, 1.54) is 12.5 Å². The fourth-order valence-electron chi connectivity index (χ4n) is 10.8. The first-order valence-corrected chi connectivity index (χ1v) is 24.8. The molecule has 0 saturated heterocycles. The normalized spacial score (nSPS) is 28.1. The van der Waals surface area contributed by atoms with Gasteiger partial charge in [0.25, 0.3) is 0 Å². The van der Waals surface area contributed by atoms with Gasteiger partial charge in [-0.25, -0.2) is 0 Å². The standard InChI is InChI=1S/C55H82O10/c1-13-35-58-49(11)47(56-21-9)31-33-51(60-37-15-3,54(49,62-39-17-5)63-40-18-6)53(45-29-25-23-27-43(45)44-28-24-26-30-46(44)53)52(61-38-16-4)34-32-48(57-22-10)50(12,59-36-14-2)55(52,64-41-19-7)65-42-20-8/h21-34,47-48H,9-10,13-20,35-42H2,1-8,11-12H3. The van der Waals surface area contributed by atoms with Crippen LogP contribution in [-0.4, -0.2) is 99.0 Å². The van der Waals surface area contributed by atoms with Crippen LogP contribution < -0.4 is 0 Å². The minimum Gasteiger partial charge on any atom is -0.491 e. The zero-order chi connectivity index (χ0) is 47.2. The van der Waals surface area contributed by atoms with Crippen LogP contribution in [0.5, 0.6) is 0 Å². The maximum Gasteiger partial charge on any atom is 0.236 e. The Bertz CT molecular complexity index is 1730. The molecule has 0 N–H and O–H groups in total. The molecule has 0 aliphatic heterocycles.